The first-order valence-corrected chi connectivity index (χ1v) is 10.4. The van der Waals surface area contributed by atoms with Crippen molar-refractivity contribution in [2.45, 2.75) is 13.5 Å². The van der Waals surface area contributed by atoms with E-state index in [0.29, 0.717) is 17.9 Å². The summed E-state index contributed by atoms with van der Waals surface area (Å²) in [7, 11) is 0. The lowest BCUT2D eigenvalue weighted by Crippen LogP contribution is -2.34. The van der Waals surface area contributed by atoms with Gasteiger partial charge in [-0.25, -0.2) is 5.43 Å². The van der Waals surface area contributed by atoms with Gasteiger partial charge in [0.2, 0.25) is 0 Å². The van der Waals surface area contributed by atoms with E-state index in [1.807, 2.05) is 61.5 Å². The topological polar surface area (TPSA) is 79.8 Å². The Kier molecular flexibility index (Phi) is 7.95. The summed E-state index contributed by atoms with van der Waals surface area (Å²) in [5.41, 5.74) is 5.64. The molecular formula is C24H22BrN3O3. The van der Waals surface area contributed by atoms with Gasteiger partial charge in [-0.05, 0) is 48.9 Å². The summed E-state index contributed by atoms with van der Waals surface area (Å²) in [5.74, 6) is -0.0906. The number of amides is 2. The molecule has 0 aliphatic heterocycles. The Morgan fingerprint density at radius 2 is 1.84 bits per heavy atom. The Balaban J connectivity index is 1.51. The molecule has 0 atom stereocenters. The van der Waals surface area contributed by atoms with E-state index in [1.54, 1.807) is 18.2 Å². The van der Waals surface area contributed by atoms with Crippen LogP contribution in [0.2, 0.25) is 0 Å². The summed E-state index contributed by atoms with van der Waals surface area (Å²) in [5, 5.41) is 6.55. The van der Waals surface area contributed by atoms with E-state index in [4.69, 9.17) is 4.74 Å². The van der Waals surface area contributed by atoms with E-state index in [2.05, 4.69) is 31.8 Å². The molecule has 2 N–H and O–H groups in total. The van der Waals surface area contributed by atoms with Crippen molar-refractivity contribution in [1.29, 1.82) is 0 Å². The number of halogens is 1. The van der Waals surface area contributed by atoms with E-state index in [1.165, 1.54) is 6.21 Å². The number of nitrogens with zero attached hydrogens (tertiary/aromatic N) is 1. The van der Waals surface area contributed by atoms with Crippen molar-refractivity contribution in [1.82, 2.24) is 10.7 Å². The zero-order valence-electron chi connectivity index (χ0n) is 17.0. The zero-order valence-corrected chi connectivity index (χ0v) is 18.6. The van der Waals surface area contributed by atoms with Crippen molar-refractivity contribution in [2.75, 3.05) is 6.54 Å². The van der Waals surface area contributed by atoms with Gasteiger partial charge in [-0.3, -0.25) is 9.59 Å². The van der Waals surface area contributed by atoms with Gasteiger partial charge in [0.25, 0.3) is 11.8 Å². The Morgan fingerprint density at radius 3 is 2.65 bits per heavy atom. The number of aryl methyl sites for hydroxylation is 1. The molecule has 31 heavy (non-hydrogen) atoms. The maximum absolute atomic E-state index is 12.1. The number of hydrogen-bond acceptors (Lipinski definition) is 4. The van der Waals surface area contributed by atoms with Crippen molar-refractivity contribution >= 4 is 34.0 Å². The largest absolute Gasteiger partial charge is 0.488 e. The standard InChI is InChI=1S/C24H22BrN3O3/c1-17-6-4-9-19(12-17)24(30)26-15-23(29)28-27-14-20-8-2-3-11-22(20)31-16-18-7-5-10-21(25)13-18/h2-14H,15-16H2,1H3,(H,26,30)(H,28,29)/b27-14-. The number of ether oxygens (including phenoxy) is 1. The van der Waals surface area contributed by atoms with Crippen molar-refractivity contribution in [3.8, 4) is 5.75 Å². The highest BCUT2D eigenvalue weighted by Crippen LogP contribution is 2.19. The highest BCUT2D eigenvalue weighted by atomic mass is 79.9. The molecule has 3 rings (SSSR count). The molecule has 2 amide bonds. The number of carbonyl (C=O) groups is 2. The third-order valence-electron chi connectivity index (χ3n) is 4.29. The van der Waals surface area contributed by atoms with Gasteiger partial charge in [0.1, 0.15) is 12.4 Å². The van der Waals surface area contributed by atoms with Gasteiger partial charge in [0.15, 0.2) is 0 Å². The summed E-state index contributed by atoms with van der Waals surface area (Å²) in [6, 6.07) is 22.4. The number of benzene rings is 3. The van der Waals surface area contributed by atoms with Gasteiger partial charge in [-0.1, -0.05) is 57.9 Å². The number of hydrazone groups is 1. The molecule has 0 fully saturated rings. The fourth-order valence-electron chi connectivity index (χ4n) is 2.77. The fraction of sp³-hybridized carbons (Fsp3) is 0.125. The van der Waals surface area contributed by atoms with Crippen LogP contribution in [-0.4, -0.2) is 24.6 Å². The first-order chi connectivity index (χ1) is 15.0. The van der Waals surface area contributed by atoms with E-state index >= 15 is 0 Å². The smallest absolute Gasteiger partial charge is 0.259 e. The SMILES string of the molecule is Cc1cccc(C(=O)NCC(=O)N/N=C\c2ccccc2OCc2cccc(Br)c2)c1. The second-order valence-electron chi connectivity index (χ2n) is 6.80. The predicted octanol–water partition coefficient (Wildman–Crippen LogP) is 4.22. The molecule has 0 unspecified atom stereocenters. The van der Waals surface area contributed by atoms with E-state index < -0.39 is 5.91 Å². The van der Waals surface area contributed by atoms with Gasteiger partial charge < -0.3 is 10.1 Å². The van der Waals surface area contributed by atoms with Crippen LogP contribution in [0.1, 0.15) is 27.0 Å². The average Bonchev–Trinajstić information content (AvgIpc) is 2.77. The van der Waals surface area contributed by atoms with Crippen LogP contribution in [0.4, 0.5) is 0 Å². The number of nitrogens with one attached hydrogen (secondary N) is 2. The number of rotatable bonds is 8. The summed E-state index contributed by atoms with van der Waals surface area (Å²) >= 11 is 3.45. The molecule has 0 spiro atoms. The molecule has 3 aromatic rings. The third-order valence-corrected chi connectivity index (χ3v) is 4.78. The first kappa shape index (κ1) is 22.2. The monoisotopic (exact) mass is 479 g/mol. The molecule has 6 nitrogen and oxygen atoms in total. The Hall–Kier alpha value is -3.45. The van der Waals surface area contributed by atoms with Crippen molar-refractivity contribution in [2.24, 2.45) is 5.10 Å². The molecule has 3 aromatic carbocycles. The van der Waals surface area contributed by atoms with Crippen molar-refractivity contribution in [3.63, 3.8) is 0 Å². The number of carbonyl (C=O) groups excluding carboxylic acids is 2. The normalized spacial score (nSPS) is 10.6. The lowest BCUT2D eigenvalue weighted by molar-refractivity contribution is -0.120. The molecule has 0 aliphatic rings. The number of para-hydroxylation sites is 1. The van der Waals surface area contributed by atoms with Crippen LogP contribution in [0.3, 0.4) is 0 Å². The molecule has 0 saturated carbocycles. The maximum Gasteiger partial charge on any atom is 0.259 e. The maximum atomic E-state index is 12.1. The summed E-state index contributed by atoms with van der Waals surface area (Å²) in [6.45, 7) is 2.13. The van der Waals surface area contributed by atoms with Crippen molar-refractivity contribution in [3.05, 3.63) is 99.5 Å². The molecule has 0 heterocycles. The van der Waals surface area contributed by atoms with Crippen LogP contribution >= 0.6 is 15.9 Å². The first-order valence-electron chi connectivity index (χ1n) is 9.64. The van der Waals surface area contributed by atoms with E-state index in [0.717, 1.165) is 21.2 Å². The van der Waals surface area contributed by atoms with E-state index in [9.17, 15) is 9.59 Å². The van der Waals surface area contributed by atoms with Gasteiger partial charge in [-0.2, -0.15) is 5.10 Å². The molecule has 0 aliphatic carbocycles. The average molecular weight is 480 g/mol. The van der Waals surface area contributed by atoms with Gasteiger partial charge in [0, 0.05) is 15.6 Å². The fourth-order valence-corrected chi connectivity index (χ4v) is 3.22. The predicted molar refractivity (Wildman–Crippen MR) is 124 cm³/mol. The minimum Gasteiger partial charge on any atom is -0.488 e. The molecular weight excluding hydrogens is 458 g/mol. The lowest BCUT2D eigenvalue weighted by atomic mass is 10.1. The van der Waals surface area contributed by atoms with Crippen LogP contribution in [0.15, 0.2) is 82.4 Å². The molecule has 158 valence electrons. The van der Waals surface area contributed by atoms with Crippen LogP contribution in [0, 0.1) is 6.92 Å². The van der Waals surface area contributed by atoms with Gasteiger partial charge in [0.05, 0.1) is 12.8 Å². The lowest BCUT2D eigenvalue weighted by Gasteiger charge is -2.09. The molecule has 0 bridgehead atoms. The van der Waals surface area contributed by atoms with Crippen LogP contribution in [0.5, 0.6) is 5.75 Å². The summed E-state index contributed by atoms with van der Waals surface area (Å²) in [6.07, 6.45) is 1.51. The van der Waals surface area contributed by atoms with Gasteiger partial charge >= 0.3 is 0 Å². The summed E-state index contributed by atoms with van der Waals surface area (Å²) in [4.78, 5) is 24.1. The van der Waals surface area contributed by atoms with Crippen LogP contribution in [-0.2, 0) is 11.4 Å². The Labute approximate surface area is 189 Å². The highest BCUT2D eigenvalue weighted by Gasteiger charge is 2.08. The second-order valence-corrected chi connectivity index (χ2v) is 7.72. The van der Waals surface area contributed by atoms with E-state index in [-0.39, 0.29) is 12.5 Å². The Morgan fingerprint density at radius 1 is 1.03 bits per heavy atom. The minimum atomic E-state index is -0.426. The second kappa shape index (κ2) is 11.1. The number of hydrogen-bond donors (Lipinski definition) is 2. The van der Waals surface area contributed by atoms with Crippen LogP contribution in [0.25, 0.3) is 0 Å². The highest BCUT2D eigenvalue weighted by molar-refractivity contribution is 9.10. The van der Waals surface area contributed by atoms with Crippen molar-refractivity contribution < 1.29 is 14.3 Å². The minimum absolute atomic E-state index is 0.175. The Bertz CT molecular complexity index is 1100. The molecule has 7 heteroatoms. The quantitative estimate of drug-likeness (QED) is 0.375. The van der Waals surface area contributed by atoms with Gasteiger partial charge in [-0.15, -0.1) is 0 Å². The van der Waals surface area contributed by atoms with Crippen LogP contribution < -0.4 is 15.5 Å². The third kappa shape index (κ3) is 7.08. The summed E-state index contributed by atoms with van der Waals surface area (Å²) < 4.78 is 6.88. The molecule has 0 radical (unpaired) electrons. The molecule has 0 saturated heterocycles. The zero-order chi connectivity index (χ0) is 22.1. The molecule has 0 aromatic heterocycles.